The molecule has 150 valence electrons. The summed E-state index contributed by atoms with van der Waals surface area (Å²) in [6, 6.07) is 14.6. The Hall–Kier alpha value is -2.38. The molecule has 0 bridgehead atoms. The summed E-state index contributed by atoms with van der Waals surface area (Å²) in [6.45, 7) is 3.65. The van der Waals surface area contributed by atoms with Crippen LogP contribution in [-0.2, 0) is 23.1 Å². The molecule has 1 saturated heterocycles. The van der Waals surface area contributed by atoms with Crippen LogP contribution in [0.2, 0.25) is 0 Å². The highest BCUT2D eigenvalue weighted by Gasteiger charge is 2.13. The fraction of sp³-hybridized carbons (Fsp3) is 0.381. The maximum absolute atomic E-state index is 12.5. The summed E-state index contributed by atoms with van der Waals surface area (Å²) in [5.74, 6) is -0.182. The molecule has 3 rings (SSSR count). The number of nitrogens with zero attached hydrogens (tertiary/aromatic N) is 1. The first-order chi connectivity index (χ1) is 13.4. The molecule has 0 unspecified atom stereocenters. The van der Waals surface area contributed by atoms with Crippen molar-refractivity contribution in [3.63, 3.8) is 0 Å². The maximum atomic E-state index is 12.5. The van der Waals surface area contributed by atoms with E-state index in [2.05, 4.69) is 27.1 Å². The molecule has 1 amide bonds. The van der Waals surface area contributed by atoms with E-state index in [9.17, 15) is 13.2 Å². The predicted octanol–water partition coefficient (Wildman–Crippen LogP) is 2.97. The average molecular weight is 402 g/mol. The van der Waals surface area contributed by atoms with Crippen LogP contribution in [-0.4, -0.2) is 38.6 Å². The molecule has 2 aromatic rings. The Labute approximate surface area is 167 Å². The van der Waals surface area contributed by atoms with Crippen molar-refractivity contribution >= 4 is 21.6 Å². The molecule has 0 aliphatic carbocycles. The number of carbonyl (C=O) groups excluding carboxylic acids is 1. The summed E-state index contributed by atoms with van der Waals surface area (Å²) in [7, 11) is -3.33. The Balaban J connectivity index is 1.60. The highest BCUT2D eigenvalue weighted by atomic mass is 32.2. The first-order valence-electron chi connectivity index (χ1n) is 9.56. The maximum Gasteiger partial charge on any atom is 0.251 e. The van der Waals surface area contributed by atoms with Gasteiger partial charge in [-0.15, -0.1) is 0 Å². The molecule has 0 aromatic heterocycles. The highest BCUT2D eigenvalue weighted by molar-refractivity contribution is 7.92. The number of amides is 1. The third kappa shape index (κ3) is 6.07. The van der Waals surface area contributed by atoms with E-state index in [0.29, 0.717) is 17.8 Å². The summed E-state index contributed by atoms with van der Waals surface area (Å²) in [4.78, 5) is 14.9. The van der Waals surface area contributed by atoms with E-state index in [-0.39, 0.29) is 5.91 Å². The van der Waals surface area contributed by atoms with E-state index < -0.39 is 10.0 Å². The first-order valence-corrected chi connectivity index (χ1v) is 11.4. The van der Waals surface area contributed by atoms with Crippen LogP contribution in [0.15, 0.2) is 48.5 Å². The monoisotopic (exact) mass is 401 g/mol. The minimum atomic E-state index is -3.33. The van der Waals surface area contributed by atoms with Crippen LogP contribution in [0, 0.1) is 0 Å². The number of hydrogen-bond acceptors (Lipinski definition) is 4. The number of sulfonamides is 1. The molecule has 7 heteroatoms. The second-order valence-electron chi connectivity index (χ2n) is 7.24. The molecule has 0 radical (unpaired) electrons. The number of nitrogens with one attached hydrogen (secondary N) is 2. The molecule has 1 aliphatic rings. The predicted molar refractivity (Wildman–Crippen MR) is 112 cm³/mol. The zero-order chi connectivity index (χ0) is 20.0. The second kappa shape index (κ2) is 9.21. The zero-order valence-electron chi connectivity index (χ0n) is 16.1. The quantitative estimate of drug-likeness (QED) is 0.748. The molecule has 1 heterocycles. The number of hydrogen-bond donors (Lipinski definition) is 2. The SMILES string of the molecule is CS(=O)(=O)Nc1ccc(C(=O)NCc2ccccc2CN2CCCCC2)cc1. The molecular formula is C21H27N3O3S. The molecule has 0 atom stereocenters. The molecule has 6 nitrogen and oxygen atoms in total. The van der Waals surface area contributed by atoms with Crippen molar-refractivity contribution in [1.29, 1.82) is 0 Å². The summed E-state index contributed by atoms with van der Waals surface area (Å²) in [5, 5.41) is 2.96. The van der Waals surface area contributed by atoms with Crippen LogP contribution < -0.4 is 10.0 Å². The van der Waals surface area contributed by atoms with Crippen molar-refractivity contribution in [2.75, 3.05) is 24.1 Å². The van der Waals surface area contributed by atoms with Gasteiger partial charge in [0.05, 0.1) is 6.26 Å². The van der Waals surface area contributed by atoms with E-state index in [0.717, 1.165) is 31.5 Å². The van der Waals surface area contributed by atoms with Crippen LogP contribution in [0.25, 0.3) is 0 Å². The van der Waals surface area contributed by atoms with E-state index >= 15 is 0 Å². The van der Waals surface area contributed by atoms with Crippen LogP contribution in [0.1, 0.15) is 40.7 Å². The van der Waals surface area contributed by atoms with Gasteiger partial charge in [-0.1, -0.05) is 30.7 Å². The molecule has 0 spiro atoms. The van der Waals surface area contributed by atoms with E-state index in [1.807, 2.05) is 12.1 Å². The molecular weight excluding hydrogens is 374 g/mol. The number of rotatable bonds is 7. The van der Waals surface area contributed by atoms with Crippen LogP contribution in [0.3, 0.4) is 0 Å². The Morgan fingerprint density at radius 3 is 2.25 bits per heavy atom. The zero-order valence-corrected chi connectivity index (χ0v) is 17.0. The van der Waals surface area contributed by atoms with E-state index in [1.165, 1.54) is 24.8 Å². The van der Waals surface area contributed by atoms with Gasteiger partial charge in [0.25, 0.3) is 5.91 Å². The van der Waals surface area contributed by atoms with Gasteiger partial charge < -0.3 is 5.32 Å². The Morgan fingerprint density at radius 2 is 1.61 bits per heavy atom. The summed E-state index contributed by atoms with van der Waals surface area (Å²) in [6.07, 6.45) is 4.91. The molecule has 1 fully saturated rings. The molecule has 1 aliphatic heterocycles. The van der Waals surface area contributed by atoms with Crippen LogP contribution in [0.5, 0.6) is 0 Å². The second-order valence-corrected chi connectivity index (χ2v) is 8.99. The lowest BCUT2D eigenvalue weighted by Gasteiger charge is -2.27. The van der Waals surface area contributed by atoms with Gasteiger partial charge in [-0.3, -0.25) is 14.4 Å². The molecule has 2 aromatic carbocycles. The third-order valence-electron chi connectivity index (χ3n) is 4.85. The normalized spacial score (nSPS) is 15.2. The van der Waals surface area contributed by atoms with E-state index in [4.69, 9.17) is 0 Å². The third-order valence-corrected chi connectivity index (χ3v) is 5.46. The van der Waals surface area contributed by atoms with Crippen molar-refractivity contribution in [3.05, 3.63) is 65.2 Å². The number of anilines is 1. The Bertz CT molecular complexity index is 905. The van der Waals surface area contributed by atoms with Gasteiger partial charge in [0.1, 0.15) is 0 Å². The molecule has 0 saturated carbocycles. The smallest absolute Gasteiger partial charge is 0.251 e. The molecule has 28 heavy (non-hydrogen) atoms. The highest BCUT2D eigenvalue weighted by Crippen LogP contribution is 2.16. The molecule has 2 N–H and O–H groups in total. The van der Waals surface area contributed by atoms with E-state index in [1.54, 1.807) is 24.3 Å². The largest absolute Gasteiger partial charge is 0.348 e. The standard InChI is InChI=1S/C21H27N3O3S/c1-28(26,27)23-20-11-9-17(10-12-20)21(25)22-15-18-7-3-4-8-19(18)16-24-13-5-2-6-14-24/h3-4,7-12,23H,2,5-6,13-16H2,1H3,(H,22,25). The number of piperidine rings is 1. The fourth-order valence-corrected chi connectivity index (χ4v) is 3.99. The number of likely N-dealkylation sites (tertiary alicyclic amines) is 1. The Kier molecular flexibility index (Phi) is 6.70. The van der Waals surface area contributed by atoms with Crippen molar-refractivity contribution in [1.82, 2.24) is 10.2 Å². The lowest BCUT2D eigenvalue weighted by atomic mass is 10.0. The lowest BCUT2D eigenvalue weighted by molar-refractivity contribution is 0.0950. The summed E-state index contributed by atoms with van der Waals surface area (Å²) < 4.78 is 24.9. The van der Waals surface area contributed by atoms with Crippen molar-refractivity contribution in [2.45, 2.75) is 32.4 Å². The van der Waals surface area contributed by atoms with Gasteiger partial charge in [-0.25, -0.2) is 8.42 Å². The van der Waals surface area contributed by atoms with Gasteiger partial charge in [-0.05, 0) is 61.3 Å². The number of carbonyl (C=O) groups is 1. The van der Waals surface area contributed by atoms with Gasteiger partial charge in [-0.2, -0.15) is 0 Å². The van der Waals surface area contributed by atoms with Crippen LogP contribution >= 0.6 is 0 Å². The topological polar surface area (TPSA) is 78.5 Å². The average Bonchev–Trinajstić information content (AvgIpc) is 2.67. The van der Waals surface area contributed by atoms with Crippen molar-refractivity contribution in [2.24, 2.45) is 0 Å². The first kappa shape index (κ1) is 20.4. The van der Waals surface area contributed by atoms with Crippen molar-refractivity contribution < 1.29 is 13.2 Å². The minimum absolute atomic E-state index is 0.182. The minimum Gasteiger partial charge on any atom is -0.348 e. The van der Waals surface area contributed by atoms with Crippen molar-refractivity contribution in [3.8, 4) is 0 Å². The summed E-state index contributed by atoms with van der Waals surface area (Å²) in [5.41, 5.74) is 3.30. The lowest BCUT2D eigenvalue weighted by Crippen LogP contribution is -2.30. The summed E-state index contributed by atoms with van der Waals surface area (Å²) >= 11 is 0. The number of benzene rings is 2. The van der Waals surface area contributed by atoms with Gasteiger partial charge in [0.15, 0.2) is 0 Å². The van der Waals surface area contributed by atoms with Gasteiger partial charge in [0, 0.05) is 24.3 Å². The van der Waals surface area contributed by atoms with Gasteiger partial charge >= 0.3 is 0 Å². The fourth-order valence-electron chi connectivity index (χ4n) is 3.42. The van der Waals surface area contributed by atoms with Gasteiger partial charge in [0.2, 0.25) is 10.0 Å². The van der Waals surface area contributed by atoms with Crippen LogP contribution in [0.4, 0.5) is 5.69 Å². The Morgan fingerprint density at radius 1 is 0.964 bits per heavy atom.